The second kappa shape index (κ2) is 12.9. The van der Waals surface area contributed by atoms with Crippen LogP contribution >= 0.6 is 0 Å². The van der Waals surface area contributed by atoms with E-state index in [9.17, 15) is 20.6 Å². The van der Waals surface area contributed by atoms with Crippen molar-refractivity contribution in [2.24, 2.45) is 0 Å². The fraction of sp³-hybridized carbons (Fsp3) is 0.289. The maximum absolute atomic E-state index is 12.7. The van der Waals surface area contributed by atoms with E-state index in [0.717, 1.165) is 34.3 Å². The molecule has 2 aliphatic heterocycles. The van der Waals surface area contributed by atoms with Crippen molar-refractivity contribution >= 4 is 28.2 Å². The number of carbonyl (C=O) groups is 1. The zero-order valence-electron chi connectivity index (χ0n) is 26.9. The van der Waals surface area contributed by atoms with Gasteiger partial charge in [0.05, 0.1) is 30.2 Å². The standard InChI is InChI=1S/C38H35N7O2/c1-5-34(46)45-19-18-44(22-29(45)14-16-39)37-30-15-17-43(33-11-7-10-27-9-6-8-24(2)35(27)33)23-32(30)31(21-41)38(42-37)47-36-25(3)12-13-28(20-40)26(36)4/h5-13,29H,1,14-15,17-19,22-23H2,2-4H3/t29-/m1/s1. The number of rotatable bonds is 6. The highest BCUT2D eigenvalue weighted by molar-refractivity contribution is 5.97. The molecule has 9 heteroatoms. The van der Waals surface area contributed by atoms with Crippen LogP contribution in [0.4, 0.5) is 11.5 Å². The van der Waals surface area contributed by atoms with Crippen molar-refractivity contribution in [1.29, 1.82) is 15.8 Å². The number of nitriles is 3. The Hall–Kier alpha value is -5.85. The number of hydrogen-bond donors (Lipinski definition) is 0. The van der Waals surface area contributed by atoms with Crippen LogP contribution in [-0.4, -0.2) is 48.0 Å². The maximum atomic E-state index is 12.7. The highest BCUT2D eigenvalue weighted by atomic mass is 16.5. The van der Waals surface area contributed by atoms with Crippen LogP contribution in [0.15, 0.2) is 61.2 Å². The zero-order valence-corrected chi connectivity index (χ0v) is 26.9. The topological polar surface area (TPSA) is 120 Å². The average molecular weight is 622 g/mol. The van der Waals surface area contributed by atoms with Crippen molar-refractivity contribution in [2.75, 3.05) is 36.0 Å². The van der Waals surface area contributed by atoms with E-state index >= 15 is 0 Å². The second-order valence-electron chi connectivity index (χ2n) is 12.1. The molecule has 1 amide bonds. The number of hydrogen-bond acceptors (Lipinski definition) is 8. The summed E-state index contributed by atoms with van der Waals surface area (Å²) < 4.78 is 6.52. The first kappa shape index (κ1) is 31.1. The normalized spacial score (nSPS) is 15.7. The van der Waals surface area contributed by atoms with Crippen LogP contribution in [0.25, 0.3) is 10.8 Å². The van der Waals surface area contributed by atoms with Crippen LogP contribution in [0.2, 0.25) is 0 Å². The summed E-state index contributed by atoms with van der Waals surface area (Å²) >= 11 is 0. The molecule has 234 valence electrons. The van der Waals surface area contributed by atoms with Crippen LogP contribution < -0.4 is 14.5 Å². The Morgan fingerprint density at radius 3 is 2.49 bits per heavy atom. The van der Waals surface area contributed by atoms with Crippen molar-refractivity contribution in [3.8, 4) is 29.8 Å². The molecule has 1 atom stereocenters. The molecule has 4 aromatic rings. The minimum absolute atomic E-state index is 0.172. The number of ether oxygens (including phenoxy) is 1. The van der Waals surface area contributed by atoms with Crippen molar-refractivity contribution < 1.29 is 9.53 Å². The molecule has 1 fully saturated rings. The number of fused-ring (bicyclic) bond motifs is 2. The van der Waals surface area contributed by atoms with Gasteiger partial charge in [-0.3, -0.25) is 4.79 Å². The highest BCUT2D eigenvalue weighted by Crippen LogP contribution is 2.41. The first-order chi connectivity index (χ1) is 22.8. The number of aromatic nitrogens is 1. The van der Waals surface area contributed by atoms with Gasteiger partial charge in [-0.15, -0.1) is 0 Å². The largest absolute Gasteiger partial charge is 0.437 e. The molecule has 2 aliphatic rings. The fourth-order valence-electron chi connectivity index (χ4n) is 6.95. The molecule has 6 rings (SSSR count). The molecule has 0 unspecified atom stereocenters. The van der Waals surface area contributed by atoms with Gasteiger partial charge in [-0.2, -0.15) is 20.8 Å². The molecular formula is C38H35N7O2. The van der Waals surface area contributed by atoms with Crippen molar-refractivity contribution in [3.05, 3.63) is 100 Å². The van der Waals surface area contributed by atoms with Gasteiger partial charge in [0, 0.05) is 60.5 Å². The van der Waals surface area contributed by atoms with Crippen LogP contribution in [0.1, 0.15) is 45.4 Å². The van der Waals surface area contributed by atoms with Gasteiger partial charge in [0.25, 0.3) is 0 Å². The Labute approximate surface area is 275 Å². The molecule has 3 aromatic carbocycles. The molecule has 0 bridgehead atoms. The maximum Gasteiger partial charge on any atom is 0.246 e. The lowest BCUT2D eigenvalue weighted by molar-refractivity contribution is -0.128. The van der Waals surface area contributed by atoms with E-state index in [0.29, 0.717) is 60.9 Å². The molecule has 1 aromatic heterocycles. The fourth-order valence-corrected chi connectivity index (χ4v) is 6.95. The van der Waals surface area contributed by atoms with E-state index in [-0.39, 0.29) is 24.2 Å². The summed E-state index contributed by atoms with van der Waals surface area (Å²) in [6.45, 7) is 12.0. The summed E-state index contributed by atoms with van der Waals surface area (Å²) in [6.07, 6.45) is 2.11. The summed E-state index contributed by atoms with van der Waals surface area (Å²) in [7, 11) is 0. The highest BCUT2D eigenvalue weighted by Gasteiger charge is 2.35. The molecule has 9 nitrogen and oxygen atoms in total. The zero-order chi connectivity index (χ0) is 33.2. The number of pyridine rings is 1. The summed E-state index contributed by atoms with van der Waals surface area (Å²) in [6, 6.07) is 22.7. The predicted molar refractivity (Wildman–Crippen MR) is 181 cm³/mol. The van der Waals surface area contributed by atoms with Gasteiger partial charge in [-0.1, -0.05) is 43.0 Å². The number of carbonyl (C=O) groups excluding carboxylic acids is 1. The molecular weight excluding hydrogens is 586 g/mol. The lowest BCUT2D eigenvalue weighted by Crippen LogP contribution is -2.55. The van der Waals surface area contributed by atoms with Gasteiger partial charge < -0.3 is 19.4 Å². The Morgan fingerprint density at radius 1 is 0.979 bits per heavy atom. The van der Waals surface area contributed by atoms with E-state index in [1.807, 2.05) is 19.9 Å². The van der Waals surface area contributed by atoms with Gasteiger partial charge in [0.15, 0.2) is 0 Å². The second-order valence-corrected chi connectivity index (χ2v) is 12.1. The summed E-state index contributed by atoms with van der Waals surface area (Å²) in [5.41, 5.74) is 6.46. The molecule has 47 heavy (non-hydrogen) atoms. The van der Waals surface area contributed by atoms with Crippen molar-refractivity contribution in [2.45, 2.75) is 46.2 Å². The monoisotopic (exact) mass is 621 g/mol. The number of aryl methyl sites for hydroxylation is 2. The molecule has 0 saturated carbocycles. The van der Waals surface area contributed by atoms with Crippen LogP contribution in [0, 0.1) is 54.8 Å². The minimum Gasteiger partial charge on any atom is -0.437 e. The minimum atomic E-state index is -0.341. The summed E-state index contributed by atoms with van der Waals surface area (Å²) in [5.74, 6) is 1.18. The SMILES string of the molecule is C=CC(=O)N1CCN(c2nc(Oc3c(C)ccc(C#N)c3C)c(C#N)c3c2CCN(c2cccc4cccc(C)c24)C3)C[C@H]1CC#N. The van der Waals surface area contributed by atoms with E-state index in [4.69, 9.17) is 9.72 Å². The third-order valence-corrected chi connectivity index (χ3v) is 9.37. The molecule has 0 radical (unpaired) electrons. The number of benzene rings is 3. The molecule has 1 saturated heterocycles. The Balaban J connectivity index is 1.50. The lowest BCUT2D eigenvalue weighted by atomic mass is 9.94. The summed E-state index contributed by atoms with van der Waals surface area (Å²) in [4.78, 5) is 23.8. The number of nitrogens with zero attached hydrogens (tertiary/aromatic N) is 7. The molecule has 0 aliphatic carbocycles. The number of anilines is 2. The summed E-state index contributed by atoms with van der Waals surface area (Å²) in [5, 5.41) is 32.3. The lowest BCUT2D eigenvalue weighted by Gasteiger charge is -2.42. The van der Waals surface area contributed by atoms with Gasteiger partial charge in [0.2, 0.25) is 11.8 Å². The van der Waals surface area contributed by atoms with Gasteiger partial charge in [0.1, 0.15) is 23.2 Å². The molecule has 0 spiro atoms. The van der Waals surface area contributed by atoms with E-state index in [1.165, 1.54) is 17.0 Å². The van der Waals surface area contributed by atoms with E-state index in [2.05, 4.69) is 77.9 Å². The van der Waals surface area contributed by atoms with E-state index in [1.54, 1.807) is 11.0 Å². The van der Waals surface area contributed by atoms with Crippen molar-refractivity contribution in [3.63, 3.8) is 0 Å². The predicted octanol–water partition coefficient (Wildman–Crippen LogP) is 6.38. The third kappa shape index (κ3) is 5.60. The quantitative estimate of drug-likeness (QED) is 0.228. The average Bonchev–Trinajstić information content (AvgIpc) is 3.09. The molecule has 3 heterocycles. The van der Waals surface area contributed by atoms with Gasteiger partial charge >= 0.3 is 0 Å². The smallest absolute Gasteiger partial charge is 0.246 e. The first-order valence-electron chi connectivity index (χ1n) is 15.7. The van der Waals surface area contributed by atoms with Crippen LogP contribution in [-0.2, 0) is 17.8 Å². The third-order valence-electron chi connectivity index (χ3n) is 9.37. The van der Waals surface area contributed by atoms with Crippen LogP contribution in [0.5, 0.6) is 11.6 Å². The number of piperazine rings is 1. The van der Waals surface area contributed by atoms with Crippen molar-refractivity contribution in [1.82, 2.24) is 9.88 Å². The Kier molecular flexibility index (Phi) is 8.53. The van der Waals surface area contributed by atoms with Crippen LogP contribution in [0.3, 0.4) is 0 Å². The number of amides is 1. The first-order valence-corrected chi connectivity index (χ1v) is 15.7. The Morgan fingerprint density at radius 2 is 1.77 bits per heavy atom. The van der Waals surface area contributed by atoms with E-state index < -0.39 is 0 Å². The van der Waals surface area contributed by atoms with Gasteiger partial charge in [-0.05, 0) is 61.9 Å². The Bertz CT molecular complexity index is 2040. The molecule has 0 N–H and O–H groups in total. The van der Waals surface area contributed by atoms with Gasteiger partial charge in [-0.25, -0.2) is 0 Å².